The zero-order chi connectivity index (χ0) is 21.8. The van der Waals surface area contributed by atoms with Gasteiger partial charge in [0.25, 0.3) is 0 Å². The molecule has 0 heterocycles. The minimum Gasteiger partial charge on any atom is -0.493 e. The van der Waals surface area contributed by atoms with Crippen molar-refractivity contribution in [1.29, 1.82) is 0 Å². The summed E-state index contributed by atoms with van der Waals surface area (Å²) in [6.07, 6.45) is -0.0291. The third-order valence-electron chi connectivity index (χ3n) is 4.07. The third-order valence-corrected chi connectivity index (χ3v) is 5.87. The van der Waals surface area contributed by atoms with Crippen molar-refractivity contribution in [3.63, 3.8) is 0 Å². The molecule has 160 valence electrons. The molecule has 0 saturated carbocycles. The molecule has 0 bridgehead atoms. The summed E-state index contributed by atoms with van der Waals surface area (Å²) in [6.45, 7) is 2.50. The number of benzene rings is 2. The van der Waals surface area contributed by atoms with Gasteiger partial charge >= 0.3 is 6.61 Å². The molecule has 0 amide bonds. The maximum absolute atomic E-state index is 12.9. The highest BCUT2D eigenvalue weighted by atomic mass is 32.2. The Morgan fingerprint density at radius 1 is 1.00 bits per heavy atom. The van der Waals surface area contributed by atoms with Crippen molar-refractivity contribution < 1.29 is 31.4 Å². The van der Waals surface area contributed by atoms with Gasteiger partial charge in [0.15, 0.2) is 11.5 Å². The number of hydrogen-bond acceptors (Lipinski definition) is 5. The molecule has 2 aromatic carbocycles. The molecule has 0 spiro atoms. The minimum absolute atomic E-state index is 0.0291. The van der Waals surface area contributed by atoms with Crippen LogP contribution >= 0.6 is 0 Å². The van der Waals surface area contributed by atoms with Gasteiger partial charge in [-0.1, -0.05) is 6.07 Å². The Kier molecular flexibility index (Phi) is 7.43. The molecule has 0 aliphatic heterocycles. The van der Waals surface area contributed by atoms with Crippen LogP contribution in [-0.4, -0.2) is 39.6 Å². The molecule has 2 aromatic rings. The predicted octanol–water partition coefficient (Wildman–Crippen LogP) is 4.21. The molecular weight excluding hydrogens is 404 g/mol. The highest BCUT2D eigenvalue weighted by molar-refractivity contribution is 7.89. The molecule has 0 aliphatic rings. The Labute approximate surface area is 170 Å². The zero-order valence-corrected chi connectivity index (χ0v) is 17.8. The SMILES string of the molecule is COc1ccc(CN(C)S(=O)(=O)c2ccc(OC(C)C)c(C)c2)cc1OC(F)F. The fraction of sp³-hybridized carbons (Fsp3) is 0.400. The first-order valence-electron chi connectivity index (χ1n) is 8.90. The van der Waals surface area contributed by atoms with Crippen LogP contribution in [0.25, 0.3) is 0 Å². The van der Waals surface area contributed by atoms with E-state index in [4.69, 9.17) is 9.47 Å². The first kappa shape index (κ1) is 22.9. The highest BCUT2D eigenvalue weighted by Gasteiger charge is 2.23. The Hall–Kier alpha value is -2.39. The lowest BCUT2D eigenvalue weighted by atomic mass is 10.2. The topological polar surface area (TPSA) is 65.1 Å². The van der Waals surface area contributed by atoms with Gasteiger partial charge in [-0.05, 0) is 62.2 Å². The van der Waals surface area contributed by atoms with Crippen molar-refractivity contribution in [2.75, 3.05) is 14.2 Å². The smallest absolute Gasteiger partial charge is 0.387 e. The summed E-state index contributed by atoms with van der Waals surface area (Å²) in [7, 11) is -1.05. The summed E-state index contributed by atoms with van der Waals surface area (Å²) in [5.41, 5.74) is 1.18. The predicted molar refractivity (Wildman–Crippen MR) is 105 cm³/mol. The van der Waals surface area contributed by atoms with Crippen LogP contribution in [0.5, 0.6) is 17.2 Å². The van der Waals surface area contributed by atoms with E-state index in [1.165, 1.54) is 32.4 Å². The van der Waals surface area contributed by atoms with Crippen LogP contribution in [0.2, 0.25) is 0 Å². The number of hydrogen-bond donors (Lipinski definition) is 0. The maximum atomic E-state index is 12.9. The number of aryl methyl sites for hydroxylation is 1. The third kappa shape index (κ3) is 5.80. The molecule has 0 aromatic heterocycles. The Morgan fingerprint density at radius 3 is 2.21 bits per heavy atom. The van der Waals surface area contributed by atoms with E-state index in [9.17, 15) is 17.2 Å². The standard InChI is InChI=1S/C20H25F2NO5S/c1-13(2)27-17-9-7-16(10-14(17)3)29(24,25)23(4)12-15-6-8-18(26-5)19(11-15)28-20(21)22/h6-11,13,20H,12H2,1-5H3. The molecule has 0 aliphatic carbocycles. The Morgan fingerprint density at radius 2 is 1.66 bits per heavy atom. The van der Waals surface area contributed by atoms with Crippen LogP contribution in [-0.2, 0) is 16.6 Å². The molecule has 9 heteroatoms. The molecular formula is C20H25F2NO5S. The van der Waals surface area contributed by atoms with Gasteiger partial charge in [0.2, 0.25) is 10.0 Å². The van der Waals surface area contributed by atoms with E-state index in [-0.39, 0.29) is 29.0 Å². The van der Waals surface area contributed by atoms with Crippen LogP contribution in [0, 0.1) is 6.92 Å². The molecule has 0 N–H and O–H groups in total. The molecule has 0 unspecified atom stereocenters. The second kappa shape index (κ2) is 9.41. The van der Waals surface area contributed by atoms with Crippen molar-refractivity contribution in [2.45, 2.75) is 44.9 Å². The molecule has 2 rings (SSSR count). The van der Waals surface area contributed by atoms with Crippen LogP contribution in [0.1, 0.15) is 25.0 Å². The van der Waals surface area contributed by atoms with E-state index in [1.807, 2.05) is 13.8 Å². The van der Waals surface area contributed by atoms with E-state index < -0.39 is 16.6 Å². The van der Waals surface area contributed by atoms with Gasteiger partial charge in [0, 0.05) is 13.6 Å². The number of ether oxygens (including phenoxy) is 3. The zero-order valence-electron chi connectivity index (χ0n) is 17.0. The van der Waals surface area contributed by atoms with Crippen LogP contribution in [0.4, 0.5) is 8.78 Å². The molecule has 0 radical (unpaired) electrons. The number of halogens is 2. The monoisotopic (exact) mass is 429 g/mol. The maximum Gasteiger partial charge on any atom is 0.387 e. The van der Waals surface area contributed by atoms with Crippen molar-refractivity contribution in [3.8, 4) is 17.2 Å². The van der Waals surface area contributed by atoms with Crippen molar-refractivity contribution in [2.24, 2.45) is 0 Å². The summed E-state index contributed by atoms with van der Waals surface area (Å²) in [6, 6.07) is 9.03. The van der Waals surface area contributed by atoms with Gasteiger partial charge in [0.1, 0.15) is 5.75 Å². The second-order valence-corrected chi connectivity index (χ2v) is 8.76. The Balaban J connectivity index is 2.25. The number of sulfonamides is 1. The largest absolute Gasteiger partial charge is 0.493 e. The van der Waals surface area contributed by atoms with Crippen molar-refractivity contribution in [1.82, 2.24) is 4.31 Å². The summed E-state index contributed by atoms with van der Waals surface area (Å²) >= 11 is 0. The van der Waals surface area contributed by atoms with Crippen LogP contribution in [0.3, 0.4) is 0 Å². The molecule has 0 saturated heterocycles. The number of methoxy groups -OCH3 is 1. The quantitative estimate of drug-likeness (QED) is 0.597. The molecule has 0 atom stereocenters. The first-order chi connectivity index (χ1) is 13.5. The lowest BCUT2D eigenvalue weighted by Gasteiger charge is -2.19. The van der Waals surface area contributed by atoms with E-state index in [1.54, 1.807) is 25.1 Å². The van der Waals surface area contributed by atoms with Gasteiger partial charge in [-0.3, -0.25) is 0 Å². The van der Waals surface area contributed by atoms with Crippen molar-refractivity contribution in [3.05, 3.63) is 47.5 Å². The van der Waals surface area contributed by atoms with Gasteiger partial charge in [0.05, 0.1) is 18.1 Å². The summed E-state index contributed by atoms with van der Waals surface area (Å²) in [4.78, 5) is 0.117. The van der Waals surface area contributed by atoms with E-state index in [2.05, 4.69) is 4.74 Å². The summed E-state index contributed by atoms with van der Waals surface area (Å²) in [5.74, 6) is 0.596. The van der Waals surface area contributed by atoms with Gasteiger partial charge in [-0.15, -0.1) is 0 Å². The fourth-order valence-corrected chi connectivity index (χ4v) is 3.94. The minimum atomic E-state index is -3.80. The number of rotatable bonds is 9. The highest BCUT2D eigenvalue weighted by Crippen LogP contribution is 2.31. The number of alkyl halides is 2. The normalized spacial score (nSPS) is 11.9. The van der Waals surface area contributed by atoms with E-state index >= 15 is 0 Å². The average molecular weight is 429 g/mol. The molecule has 6 nitrogen and oxygen atoms in total. The molecule has 29 heavy (non-hydrogen) atoms. The van der Waals surface area contributed by atoms with E-state index in [0.717, 1.165) is 4.31 Å². The average Bonchev–Trinajstić information content (AvgIpc) is 2.62. The number of nitrogens with zero attached hydrogens (tertiary/aromatic N) is 1. The van der Waals surface area contributed by atoms with Crippen LogP contribution in [0.15, 0.2) is 41.3 Å². The van der Waals surface area contributed by atoms with Gasteiger partial charge in [-0.25, -0.2) is 8.42 Å². The molecule has 0 fully saturated rings. The van der Waals surface area contributed by atoms with Gasteiger partial charge in [-0.2, -0.15) is 13.1 Å². The lowest BCUT2D eigenvalue weighted by molar-refractivity contribution is -0.0512. The fourth-order valence-electron chi connectivity index (χ4n) is 2.70. The first-order valence-corrected chi connectivity index (χ1v) is 10.3. The summed E-state index contributed by atoms with van der Waals surface area (Å²) < 4.78 is 67.2. The second-order valence-electron chi connectivity index (χ2n) is 6.72. The lowest BCUT2D eigenvalue weighted by Crippen LogP contribution is -2.26. The van der Waals surface area contributed by atoms with Crippen LogP contribution < -0.4 is 14.2 Å². The van der Waals surface area contributed by atoms with Crippen molar-refractivity contribution >= 4 is 10.0 Å². The summed E-state index contributed by atoms with van der Waals surface area (Å²) in [5, 5.41) is 0. The Bertz CT molecular complexity index is 948. The van der Waals surface area contributed by atoms with Gasteiger partial charge < -0.3 is 14.2 Å². The van der Waals surface area contributed by atoms with E-state index in [0.29, 0.717) is 16.9 Å².